The van der Waals surface area contributed by atoms with Crippen LogP contribution in [0.15, 0.2) is 30.3 Å². The van der Waals surface area contributed by atoms with E-state index in [1.807, 2.05) is 6.92 Å². The molecule has 0 amide bonds. The zero-order chi connectivity index (χ0) is 12.3. The van der Waals surface area contributed by atoms with Crippen LogP contribution in [0.4, 0.5) is 0 Å². The second kappa shape index (κ2) is 5.32. The van der Waals surface area contributed by atoms with Crippen molar-refractivity contribution in [3.8, 4) is 0 Å². The second-order valence-corrected chi connectivity index (χ2v) is 4.84. The Kier molecular flexibility index (Phi) is 3.79. The lowest BCUT2D eigenvalue weighted by molar-refractivity contribution is 0.115. The molecule has 1 atom stereocenters. The summed E-state index contributed by atoms with van der Waals surface area (Å²) in [6.45, 7) is 8.14. The number of hydrogen-bond donors (Lipinski definition) is 1. The van der Waals surface area contributed by atoms with Crippen molar-refractivity contribution in [3.05, 3.63) is 35.9 Å². The minimum atomic E-state index is 0.518. The van der Waals surface area contributed by atoms with Crippen molar-refractivity contribution < 1.29 is 0 Å². The maximum Gasteiger partial charge on any atom is 0.0926 e. The Balaban J connectivity index is 1.94. The number of rotatable bonds is 2. The fourth-order valence-electron chi connectivity index (χ4n) is 2.35. The molecule has 2 rings (SSSR count). The molecule has 1 saturated heterocycles. The summed E-state index contributed by atoms with van der Waals surface area (Å²) >= 11 is 0. The molecule has 1 aliphatic rings. The Morgan fingerprint density at radius 2 is 2.00 bits per heavy atom. The summed E-state index contributed by atoms with van der Waals surface area (Å²) in [7, 11) is 0. The monoisotopic (exact) mass is 231 g/mol. The number of hydrogen-bond acceptors (Lipinski definition) is 2. The van der Waals surface area contributed by atoms with Crippen LogP contribution in [0.2, 0.25) is 0 Å². The summed E-state index contributed by atoms with van der Waals surface area (Å²) in [6, 6.07) is 11.1. The van der Waals surface area contributed by atoms with E-state index in [0.717, 1.165) is 26.2 Å². The van der Waals surface area contributed by atoms with Crippen molar-refractivity contribution >= 4 is 5.84 Å². The van der Waals surface area contributed by atoms with Crippen LogP contribution < -0.4 is 0 Å². The first-order valence-corrected chi connectivity index (χ1v) is 6.25. The third-order valence-electron chi connectivity index (χ3n) is 3.47. The zero-order valence-electron chi connectivity index (χ0n) is 10.7. The molecular formula is C14H21N3. The van der Waals surface area contributed by atoms with Crippen LogP contribution in [0.5, 0.6) is 0 Å². The lowest BCUT2D eigenvalue weighted by Gasteiger charge is -2.40. The summed E-state index contributed by atoms with van der Waals surface area (Å²) in [5.74, 6) is 0.691. The topological polar surface area (TPSA) is 30.3 Å². The highest BCUT2D eigenvalue weighted by atomic mass is 15.3. The van der Waals surface area contributed by atoms with Crippen molar-refractivity contribution in [2.75, 3.05) is 19.6 Å². The number of piperazine rings is 1. The molecule has 1 N–H and O–H groups in total. The molecule has 0 aliphatic carbocycles. The van der Waals surface area contributed by atoms with E-state index in [-0.39, 0.29) is 0 Å². The van der Waals surface area contributed by atoms with Gasteiger partial charge in [-0.05, 0) is 19.4 Å². The van der Waals surface area contributed by atoms with Crippen molar-refractivity contribution in [2.24, 2.45) is 0 Å². The van der Waals surface area contributed by atoms with Gasteiger partial charge < -0.3 is 4.90 Å². The van der Waals surface area contributed by atoms with Gasteiger partial charge in [0.15, 0.2) is 0 Å². The number of amidine groups is 1. The van der Waals surface area contributed by atoms with Crippen molar-refractivity contribution in [2.45, 2.75) is 26.4 Å². The molecule has 1 heterocycles. The van der Waals surface area contributed by atoms with Gasteiger partial charge in [0.25, 0.3) is 0 Å². The first-order valence-electron chi connectivity index (χ1n) is 6.25. The van der Waals surface area contributed by atoms with Gasteiger partial charge in [0.2, 0.25) is 0 Å². The maximum atomic E-state index is 7.67. The average Bonchev–Trinajstić information content (AvgIpc) is 2.33. The molecule has 0 saturated carbocycles. The highest BCUT2D eigenvalue weighted by Crippen LogP contribution is 2.13. The maximum absolute atomic E-state index is 7.67. The molecule has 1 unspecified atom stereocenters. The van der Waals surface area contributed by atoms with E-state index in [2.05, 4.69) is 47.1 Å². The predicted molar refractivity (Wildman–Crippen MR) is 71.3 cm³/mol. The Morgan fingerprint density at radius 1 is 1.29 bits per heavy atom. The second-order valence-electron chi connectivity index (χ2n) is 4.84. The van der Waals surface area contributed by atoms with Gasteiger partial charge in [-0.25, -0.2) is 0 Å². The molecule has 3 heteroatoms. The van der Waals surface area contributed by atoms with E-state index in [4.69, 9.17) is 5.41 Å². The smallest absolute Gasteiger partial charge is 0.0926 e. The predicted octanol–water partition coefficient (Wildman–Crippen LogP) is 2.19. The first-order chi connectivity index (χ1) is 8.16. The number of nitrogens with zero attached hydrogens (tertiary/aromatic N) is 2. The van der Waals surface area contributed by atoms with Crippen LogP contribution in [0.25, 0.3) is 0 Å². The van der Waals surface area contributed by atoms with Crippen LogP contribution in [0.3, 0.4) is 0 Å². The molecule has 1 fully saturated rings. The van der Waals surface area contributed by atoms with Gasteiger partial charge in [-0.1, -0.05) is 30.3 Å². The molecule has 3 nitrogen and oxygen atoms in total. The molecule has 17 heavy (non-hydrogen) atoms. The fourth-order valence-corrected chi connectivity index (χ4v) is 2.35. The molecule has 0 spiro atoms. The normalized spacial score (nSPS) is 21.5. The third kappa shape index (κ3) is 3.07. The Hall–Kier alpha value is -1.35. The Labute approximate surface area is 104 Å². The van der Waals surface area contributed by atoms with Crippen LogP contribution in [0.1, 0.15) is 19.4 Å². The van der Waals surface area contributed by atoms with E-state index in [1.165, 1.54) is 5.56 Å². The van der Waals surface area contributed by atoms with Gasteiger partial charge in [0.05, 0.1) is 5.84 Å². The molecule has 1 aliphatic heterocycles. The lowest BCUT2D eigenvalue weighted by atomic mass is 10.1. The third-order valence-corrected chi connectivity index (χ3v) is 3.47. The molecule has 0 radical (unpaired) electrons. The molecule has 1 aromatic carbocycles. The summed E-state index contributed by atoms with van der Waals surface area (Å²) in [5.41, 5.74) is 1.37. The minimum absolute atomic E-state index is 0.518. The largest absolute Gasteiger partial charge is 0.358 e. The van der Waals surface area contributed by atoms with E-state index >= 15 is 0 Å². The van der Waals surface area contributed by atoms with E-state index in [9.17, 15) is 0 Å². The van der Waals surface area contributed by atoms with Crippen molar-refractivity contribution in [3.63, 3.8) is 0 Å². The van der Waals surface area contributed by atoms with Crippen molar-refractivity contribution in [1.29, 1.82) is 5.41 Å². The zero-order valence-corrected chi connectivity index (χ0v) is 10.7. The van der Waals surface area contributed by atoms with Gasteiger partial charge in [-0.3, -0.25) is 10.3 Å². The Morgan fingerprint density at radius 3 is 2.59 bits per heavy atom. The van der Waals surface area contributed by atoms with Gasteiger partial charge in [0.1, 0.15) is 0 Å². The standard InChI is InChI=1S/C14H21N3/c1-12-10-17(13(2)15)9-8-16(12)11-14-6-4-3-5-7-14/h3-7,12,15H,8-11H2,1-2H3. The van der Waals surface area contributed by atoms with Crippen molar-refractivity contribution in [1.82, 2.24) is 9.80 Å². The highest BCUT2D eigenvalue weighted by molar-refractivity contribution is 5.76. The summed E-state index contributed by atoms with van der Waals surface area (Å²) in [4.78, 5) is 4.65. The van der Waals surface area contributed by atoms with Crippen LogP contribution >= 0.6 is 0 Å². The lowest BCUT2D eigenvalue weighted by Crippen LogP contribution is -2.52. The summed E-state index contributed by atoms with van der Waals surface area (Å²) in [6.07, 6.45) is 0. The van der Waals surface area contributed by atoms with Crippen LogP contribution in [0, 0.1) is 5.41 Å². The molecular weight excluding hydrogens is 210 g/mol. The van der Waals surface area contributed by atoms with Gasteiger partial charge in [0, 0.05) is 32.2 Å². The molecule has 0 aromatic heterocycles. The van der Waals surface area contributed by atoms with Crippen LogP contribution in [-0.4, -0.2) is 41.3 Å². The number of benzene rings is 1. The Bertz CT molecular complexity index is 374. The van der Waals surface area contributed by atoms with Gasteiger partial charge in [-0.2, -0.15) is 0 Å². The van der Waals surface area contributed by atoms with E-state index < -0.39 is 0 Å². The number of nitrogens with one attached hydrogen (secondary N) is 1. The summed E-state index contributed by atoms with van der Waals surface area (Å²) < 4.78 is 0. The molecule has 1 aromatic rings. The van der Waals surface area contributed by atoms with Gasteiger partial charge >= 0.3 is 0 Å². The van der Waals surface area contributed by atoms with Crippen LogP contribution in [-0.2, 0) is 6.54 Å². The van der Waals surface area contributed by atoms with E-state index in [0.29, 0.717) is 11.9 Å². The summed E-state index contributed by atoms with van der Waals surface area (Å²) in [5, 5.41) is 7.67. The average molecular weight is 231 g/mol. The SMILES string of the molecule is CC(=N)N1CCN(Cc2ccccc2)C(C)C1. The van der Waals surface area contributed by atoms with E-state index in [1.54, 1.807) is 0 Å². The minimum Gasteiger partial charge on any atom is -0.358 e. The fraction of sp³-hybridized carbons (Fsp3) is 0.500. The highest BCUT2D eigenvalue weighted by Gasteiger charge is 2.23. The molecule has 92 valence electrons. The first kappa shape index (κ1) is 12.1. The van der Waals surface area contributed by atoms with Gasteiger partial charge in [-0.15, -0.1) is 0 Å². The quantitative estimate of drug-likeness (QED) is 0.624. The molecule has 0 bridgehead atoms.